The van der Waals surface area contributed by atoms with Crippen LogP contribution in [0.3, 0.4) is 0 Å². The van der Waals surface area contributed by atoms with E-state index in [2.05, 4.69) is 46.6 Å². The summed E-state index contributed by atoms with van der Waals surface area (Å²) >= 11 is 6.00. The van der Waals surface area contributed by atoms with E-state index in [4.69, 9.17) is 17.3 Å². The predicted molar refractivity (Wildman–Crippen MR) is 105 cm³/mol. The fourth-order valence-electron chi connectivity index (χ4n) is 2.45. The zero-order chi connectivity index (χ0) is 18.0. The number of nitrogens with two attached hydrogens (primary N) is 1. The van der Waals surface area contributed by atoms with Crippen LogP contribution >= 0.6 is 11.6 Å². The standard InChI is InChI=1S/C19H20ClN5/c1-11-4-6-15(9-12(11)2)24-18-17(21)19(23-10-22-18)25-16-7-5-14(20)8-13(16)3/h4-10H,21H2,1-3H3,(H2,22,23,24,25). The molecule has 3 aromatic rings. The van der Waals surface area contributed by atoms with Gasteiger partial charge >= 0.3 is 0 Å². The van der Waals surface area contributed by atoms with E-state index in [0.717, 1.165) is 16.9 Å². The van der Waals surface area contributed by atoms with Gasteiger partial charge in [-0.25, -0.2) is 9.97 Å². The van der Waals surface area contributed by atoms with Crippen molar-refractivity contribution in [3.8, 4) is 0 Å². The lowest BCUT2D eigenvalue weighted by Crippen LogP contribution is -2.06. The Kier molecular flexibility index (Phi) is 4.76. The summed E-state index contributed by atoms with van der Waals surface area (Å²) in [6, 6.07) is 11.7. The topological polar surface area (TPSA) is 75.9 Å². The number of nitrogen functional groups attached to an aromatic ring is 1. The van der Waals surface area contributed by atoms with Crippen LogP contribution < -0.4 is 16.4 Å². The van der Waals surface area contributed by atoms with Gasteiger partial charge in [-0.15, -0.1) is 0 Å². The molecule has 0 radical (unpaired) electrons. The van der Waals surface area contributed by atoms with Gasteiger partial charge in [-0.3, -0.25) is 0 Å². The number of hydrogen-bond donors (Lipinski definition) is 3. The van der Waals surface area contributed by atoms with E-state index in [-0.39, 0.29) is 0 Å². The van der Waals surface area contributed by atoms with Crippen LogP contribution in [-0.4, -0.2) is 9.97 Å². The lowest BCUT2D eigenvalue weighted by Gasteiger charge is -2.14. The molecule has 5 nitrogen and oxygen atoms in total. The highest BCUT2D eigenvalue weighted by atomic mass is 35.5. The van der Waals surface area contributed by atoms with Gasteiger partial charge in [0, 0.05) is 16.4 Å². The van der Waals surface area contributed by atoms with Crippen molar-refractivity contribution in [3.63, 3.8) is 0 Å². The Balaban J connectivity index is 1.87. The third kappa shape index (κ3) is 3.83. The van der Waals surface area contributed by atoms with E-state index in [0.29, 0.717) is 22.3 Å². The third-order valence-electron chi connectivity index (χ3n) is 4.10. The first kappa shape index (κ1) is 17.0. The van der Waals surface area contributed by atoms with E-state index in [1.807, 2.05) is 31.2 Å². The Hall–Kier alpha value is -2.79. The Morgan fingerprint density at radius 3 is 2.24 bits per heavy atom. The van der Waals surface area contributed by atoms with E-state index in [1.165, 1.54) is 17.5 Å². The number of benzene rings is 2. The SMILES string of the molecule is Cc1ccc(Nc2ncnc(Nc3ccc(Cl)cc3C)c2N)cc1C. The van der Waals surface area contributed by atoms with Crippen LogP contribution in [0.2, 0.25) is 5.02 Å². The van der Waals surface area contributed by atoms with Crippen molar-refractivity contribution in [1.29, 1.82) is 0 Å². The Morgan fingerprint density at radius 1 is 0.840 bits per heavy atom. The van der Waals surface area contributed by atoms with Gasteiger partial charge in [-0.1, -0.05) is 17.7 Å². The van der Waals surface area contributed by atoms with Crippen LogP contribution in [0.15, 0.2) is 42.7 Å². The number of nitrogens with one attached hydrogen (secondary N) is 2. The van der Waals surface area contributed by atoms with E-state index < -0.39 is 0 Å². The van der Waals surface area contributed by atoms with Crippen LogP contribution in [0.25, 0.3) is 0 Å². The molecule has 1 heterocycles. The molecule has 128 valence electrons. The summed E-state index contributed by atoms with van der Waals surface area (Å²) in [7, 11) is 0. The molecule has 1 aromatic heterocycles. The number of halogens is 1. The minimum Gasteiger partial charge on any atom is -0.393 e. The molecule has 0 atom stereocenters. The van der Waals surface area contributed by atoms with Crippen molar-refractivity contribution in [2.45, 2.75) is 20.8 Å². The first-order valence-corrected chi connectivity index (χ1v) is 8.30. The number of hydrogen-bond acceptors (Lipinski definition) is 5. The monoisotopic (exact) mass is 353 g/mol. The van der Waals surface area contributed by atoms with Crippen LogP contribution in [-0.2, 0) is 0 Å². The molecule has 0 aliphatic rings. The van der Waals surface area contributed by atoms with E-state index in [9.17, 15) is 0 Å². The quantitative estimate of drug-likeness (QED) is 0.606. The van der Waals surface area contributed by atoms with Crippen molar-refractivity contribution in [3.05, 3.63) is 64.4 Å². The summed E-state index contributed by atoms with van der Waals surface area (Å²) in [4.78, 5) is 8.51. The number of aryl methyl sites for hydroxylation is 3. The van der Waals surface area contributed by atoms with Gasteiger partial charge in [0.1, 0.15) is 12.0 Å². The van der Waals surface area contributed by atoms with Crippen molar-refractivity contribution >= 4 is 40.3 Å². The lowest BCUT2D eigenvalue weighted by molar-refractivity contribution is 1.17. The normalized spacial score (nSPS) is 10.6. The highest BCUT2D eigenvalue weighted by Gasteiger charge is 2.10. The van der Waals surface area contributed by atoms with Gasteiger partial charge in [0.25, 0.3) is 0 Å². The molecule has 0 unspecified atom stereocenters. The molecule has 6 heteroatoms. The molecule has 0 fully saturated rings. The van der Waals surface area contributed by atoms with Crippen molar-refractivity contribution in [2.75, 3.05) is 16.4 Å². The summed E-state index contributed by atoms with van der Waals surface area (Å²) in [6.45, 7) is 6.12. The summed E-state index contributed by atoms with van der Waals surface area (Å²) < 4.78 is 0. The number of rotatable bonds is 4. The molecule has 0 aliphatic carbocycles. The second kappa shape index (κ2) is 6.99. The molecule has 0 saturated carbocycles. The second-order valence-corrected chi connectivity index (χ2v) is 6.43. The molecular weight excluding hydrogens is 334 g/mol. The Bertz CT molecular complexity index is 924. The van der Waals surface area contributed by atoms with Crippen LogP contribution in [0, 0.1) is 20.8 Å². The first-order chi connectivity index (χ1) is 11.9. The molecule has 4 N–H and O–H groups in total. The van der Waals surface area contributed by atoms with Gasteiger partial charge in [0.15, 0.2) is 11.6 Å². The van der Waals surface area contributed by atoms with Gasteiger partial charge in [0.2, 0.25) is 0 Å². The second-order valence-electron chi connectivity index (χ2n) is 5.99. The molecule has 0 amide bonds. The average Bonchev–Trinajstić information content (AvgIpc) is 2.57. The van der Waals surface area contributed by atoms with E-state index in [1.54, 1.807) is 0 Å². The first-order valence-electron chi connectivity index (χ1n) is 7.92. The van der Waals surface area contributed by atoms with Gasteiger partial charge < -0.3 is 16.4 Å². The van der Waals surface area contributed by atoms with Crippen molar-refractivity contribution in [2.24, 2.45) is 0 Å². The van der Waals surface area contributed by atoms with Gasteiger partial charge in [-0.2, -0.15) is 0 Å². The van der Waals surface area contributed by atoms with Crippen LogP contribution in [0.1, 0.15) is 16.7 Å². The highest BCUT2D eigenvalue weighted by Crippen LogP contribution is 2.30. The van der Waals surface area contributed by atoms with Crippen LogP contribution in [0.5, 0.6) is 0 Å². The fourth-order valence-corrected chi connectivity index (χ4v) is 2.67. The maximum atomic E-state index is 6.25. The minimum atomic E-state index is 0.454. The number of anilines is 5. The smallest absolute Gasteiger partial charge is 0.159 e. The summed E-state index contributed by atoms with van der Waals surface area (Å²) in [5.74, 6) is 1.11. The number of aromatic nitrogens is 2. The van der Waals surface area contributed by atoms with Crippen molar-refractivity contribution < 1.29 is 0 Å². The largest absolute Gasteiger partial charge is 0.393 e. The molecule has 0 spiro atoms. The fraction of sp³-hybridized carbons (Fsp3) is 0.158. The molecule has 25 heavy (non-hydrogen) atoms. The molecule has 2 aromatic carbocycles. The van der Waals surface area contributed by atoms with Crippen molar-refractivity contribution in [1.82, 2.24) is 9.97 Å². The lowest BCUT2D eigenvalue weighted by atomic mass is 10.1. The molecule has 0 saturated heterocycles. The maximum absolute atomic E-state index is 6.25. The predicted octanol–water partition coefficient (Wildman–Crippen LogP) is 5.12. The third-order valence-corrected chi connectivity index (χ3v) is 4.33. The minimum absolute atomic E-state index is 0.454. The summed E-state index contributed by atoms with van der Waals surface area (Å²) in [5, 5.41) is 7.18. The molecule has 0 aliphatic heterocycles. The van der Waals surface area contributed by atoms with E-state index >= 15 is 0 Å². The average molecular weight is 354 g/mol. The maximum Gasteiger partial charge on any atom is 0.159 e. The molecular formula is C19H20ClN5. The zero-order valence-corrected chi connectivity index (χ0v) is 15.1. The summed E-state index contributed by atoms with van der Waals surface area (Å²) in [6.07, 6.45) is 1.48. The highest BCUT2D eigenvalue weighted by molar-refractivity contribution is 6.30. The zero-order valence-electron chi connectivity index (χ0n) is 14.4. The Morgan fingerprint density at radius 2 is 1.56 bits per heavy atom. The Labute approximate surface area is 152 Å². The summed E-state index contributed by atoms with van der Waals surface area (Å²) in [5.41, 5.74) is 12.0. The number of nitrogens with zero attached hydrogens (tertiary/aromatic N) is 2. The molecule has 3 rings (SSSR count). The molecule has 0 bridgehead atoms. The van der Waals surface area contributed by atoms with Crippen LogP contribution in [0.4, 0.5) is 28.7 Å². The van der Waals surface area contributed by atoms with Gasteiger partial charge in [0.05, 0.1) is 0 Å². The van der Waals surface area contributed by atoms with Gasteiger partial charge in [-0.05, 0) is 67.8 Å².